The predicted octanol–water partition coefficient (Wildman–Crippen LogP) is 0.956. The summed E-state index contributed by atoms with van der Waals surface area (Å²) in [4.78, 5) is 13.0. The fourth-order valence-corrected chi connectivity index (χ4v) is 2.09. The lowest BCUT2D eigenvalue weighted by Gasteiger charge is -2.17. The summed E-state index contributed by atoms with van der Waals surface area (Å²) in [5.41, 5.74) is 0.927. The molecule has 6 heteroatoms. The van der Waals surface area contributed by atoms with Crippen molar-refractivity contribution in [3.8, 4) is 6.07 Å². The van der Waals surface area contributed by atoms with E-state index in [1.807, 2.05) is 6.07 Å². The molecule has 0 aliphatic heterocycles. The molecule has 0 radical (unpaired) electrons. The lowest BCUT2D eigenvalue weighted by molar-refractivity contribution is -0.115. The standard InChI is InChI=1S/C12H14N2O3S/c1-3-18(16,17)9-12(15)14(2)11-6-4-5-10(7-11)8-13/h4-7H,3,9H2,1-2H3. The van der Waals surface area contributed by atoms with Crippen molar-refractivity contribution in [2.24, 2.45) is 0 Å². The molecule has 5 nitrogen and oxygen atoms in total. The van der Waals surface area contributed by atoms with Crippen LogP contribution in [0.5, 0.6) is 0 Å². The average Bonchev–Trinajstić information content (AvgIpc) is 2.37. The zero-order valence-corrected chi connectivity index (χ0v) is 11.1. The zero-order chi connectivity index (χ0) is 13.8. The van der Waals surface area contributed by atoms with E-state index in [-0.39, 0.29) is 5.75 Å². The van der Waals surface area contributed by atoms with E-state index in [1.165, 1.54) is 24.9 Å². The minimum Gasteiger partial charge on any atom is -0.315 e. The highest BCUT2D eigenvalue weighted by atomic mass is 32.2. The van der Waals surface area contributed by atoms with E-state index in [9.17, 15) is 13.2 Å². The molecule has 96 valence electrons. The minimum absolute atomic E-state index is 0.0647. The van der Waals surface area contributed by atoms with Crippen LogP contribution >= 0.6 is 0 Å². The van der Waals surface area contributed by atoms with E-state index >= 15 is 0 Å². The molecule has 0 aliphatic rings. The Balaban J connectivity index is 2.91. The Morgan fingerprint density at radius 3 is 2.67 bits per heavy atom. The average molecular weight is 266 g/mol. The number of anilines is 1. The Bertz CT molecular complexity index is 588. The van der Waals surface area contributed by atoms with Gasteiger partial charge in [-0.05, 0) is 18.2 Å². The highest BCUT2D eigenvalue weighted by Gasteiger charge is 2.18. The number of carbonyl (C=O) groups is 1. The van der Waals surface area contributed by atoms with Gasteiger partial charge < -0.3 is 4.90 Å². The van der Waals surface area contributed by atoms with E-state index in [0.29, 0.717) is 11.3 Å². The van der Waals surface area contributed by atoms with Crippen molar-refractivity contribution in [3.63, 3.8) is 0 Å². The summed E-state index contributed by atoms with van der Waals surface area (Å²) in [6.07, 6.45) is 0. The first kappa shape index (κ1) is 14.2. The first-order valence-electron chi connectivity index (χ1n) is 5.36. The minimum atomic E-state index is -3.34. The highest BCUT2D eigenvalue weighted by Crippen LogP contribution is 2.14. The third kappa shape index (κ3) is 3.57. The van der Waals surface area contributed by atoms with Crippen molar-refractivity contribution in [1.82, 2.24) is 0 Å². The maximum absolute atomic E-state index is 11.8. The van der Waals surface area contributed by atoms with Gasteiger partial charge in [-0.15, -0.1) is 0 Å². The van der Waals surface area contributed by atoms with Crippen molar-refractivity contribution >= 4 is 21.4 Å². The molecule has 1 aromatic carbocycles. The Hall–Kier alpha value is -1.87. The van der Waals surface area contributed by atoms with E-state index in [2.05, 4.69) is 0 Å². The third-order valence-electron chi connectivity index (χ3n) is 2.52. The molecule has 1 rings (SSSR count). The van der Waals surface area contributed by atoms with Crippen LogP contribution in [0.1, 0.15) is 12.5 Å². The smallest absolute Gasteiger partial charge is 0.241 e. The first-order chi connectivity index (χ1) is 8.39. The molecule has 0 atom stereocenters. The Morgan fingerprint density at radius 2 is 2.11 bits per heavy atom. The van der Waals surface area contributed by atoms with Gasteiger partial charge in [0, 0.05) is 18.5 Å². The SMILES string of the molecule is CCS(=O)(=O)CC(=O)N(C)c1cccc(C#N)c1. The number of amides is 1. The van der Waals surface area contributed by atoms with E-state index in [0.717, 1.165) is 0 Å². The molecular weight excluding hydrogens is 252 g/mol. The molecule has 0 aliphatic carbocycles. The maximum Gasteiger partial charge on any atom is 0.241 e. The fraction of sp³-hybridized carbons (Fsp3) is 0.333. The van der Waals surface area contributed by atoms with Gasteiger partial charge in [-0.2, -0.15) is 5.26 Å². The summed E-state index contributed by atoms with van der Waals surface area (Å²) < 4.78 is 22.7. The van der Waals surface area contributed by atoms with E-state index in [4.69, 9.17) is 5.26 Å². The number of hydrogen-bond donors (Lipinski definition) is 0. The second-order valence-electron chi connectivity index (χ2n) is 3.79. The molecule has 0 saturated carbocycles. The highest BCUT2D eigenvalue weighted by molar-refractivity contribution is 7.92. The van der Waals surface area contributed by atoms with Crippen LogP contribution in [0, 0.1) is 11.3 Å². The van der Waals surface area contributed by atoms with Gasteiger partial charge in [0.05, 0.1) is 11.6 Å². The summed E-state index contributed by atoms with van der Waals surface area (Å²) in [5.74, 6) is -1.09. The number of carbonyl (C=O) groups excluding carboxylic acids is 1. The fourth-order valence-electron chi connectivity index (χ4n) is 1.32. The Labute approximate surface area is 107 Å². The van der Waals surface area contributed by atoms with Crippen LogP contribution in [0.3, 0.4) is 0 Å². The molecule has 1 amide bonds. The topological polar surface area (TPSA) is 78.2 Å². The van der Waals surface area contributed by atoms with Gasteiger partial charge in [0.1, 0.15) is 5.75 Å². The quantitative estimate of drug-likeness (QED) is 0.813. The summed E-state index contributed by atoms with van der Waals surface area (Å²) >= 11 is 0. The Morgan fingerprint density at radius 1 is 1.44 bits per heavy atom. The van der Waals surface area contributed by atoms with Crippen molar-refractivity contribution in [2.75, 3.05) is 23.5 Å². The lowest BCUT2D eigenvalue weighted by Crippen LogP contribution is -2.33. The normalized spacial score (nSPS) is 10.7. The van der Waals surface area contributed by atoms with Crippen LogP contribution in [-0.4, -0.2) is 32.9 Å². The van der Waals surface area contributed by atoms with Crippen LogP contribution in [0.15, 0.2) is 24.3 Å². The summed E-state index contributed by atoms with van der Waals surface area (Å²) in [6, 6.07) is 8.41. The van der Waals surface area contributed by atoms with Gasteiger partial charge in [0.2, 0.25) is 5.91 Å². The molecule has 0 N–H and O–H groups in total. The molecule has 0 spiro atoms. The molecule has 0 heterocycles. The van der Waals surface area contributed by atoms with Crippen LogP contribution in [-0.2, 0) is 14.6 Å². The molecule has 0 fully saturated rings. The number of hydrogen-bond acceptors (Lipinski definition) is 4. The number of sulfone groups is 1. The van der Waals surface area contributed by atoms with Gasteiger partial charge in [0.15, 0.2) is 9.84 Å². The predicted molar refractivity (Wildman–Crippen MR) is 68.9 cm³/mol. The van der Waals surface area contributed by atoms with E-state index < -0.39 is 21.5 Å². The lowest BCUT2D eigenvalue weighted by atomic mass is 10.2. The second-order valence-corrected chi connectivity index (χ2v) is 6.14. The van der Waals surface area contributed by atoms with Crippen LogP contribution in [0.25, 0.3) is 0 Å². The van der Waals surface area contributed by atoms with Gasteiger partial charge in [0.25, 0.3) is 0 Å². The van der Waals surface area contributed by atoms with Gasteiger partial charge in [-0.3, -0.25) is 4.79 Å². The largest absolute Gasteiger partial charge is 0.315 e. The van der Waals surface area contributed by atoms with Crippen LogP contribution in [0.4, 0.5) is 5.69 Å². The zero-order valence-electron chi connectivity index (χ0n) is 10.3. The summed E-state index contributed by atoms with van der Waals surface area (Å²) in [6.45, 7) is 1.50. The maximum atomic E-state index is 11.8. The molecular formula is C12H14N2O3S. The van der Waals surface area contributed by atoms with Gasteiger partial charge in [-0.1, -0.05) is 13.0 Å². The first-order valence-corrected chi connectivity index (χ1v) is 7.19. The molecule has 0 unspecified atom stereocenters. The van der Waals surface area contributed by atoms with Crippen molar-refractivity contribution in [1.29, 1.82) is 5.26 Å². The van der Waals surface area contributed by atoms with Crippen LogP contribution < -0.4 is 4.90 Å². The monoisotopic (exact) mass is 266 g/mol. The molecule has 18 heavy (non-hydrogen) atoms. The Kier molecular flexibility index (Phi) is 4.45. The van der Waals surface area contributed by atoms with Crippen molar-refractivity contribution in [2.45, 2.75) is 6.92 Å². The van der Waals surface area contributed by atoms with Crippen LogP contribution in [0.2, 0.25) is 0 Å². The second kappa shape index (κ2) is 5.65. The number of nitriles is 1. The third-order valence-corrected chi connectivity index (χ3v) is 4.09. The van der Waals surface area contributed by atoms with Crippen molar-refractivity contribution < 1.29 is 13.2 Å². The summed E-state index contributed by atoms with van der Waals surface area (Å²) in [5, 5.41) is 8.76. The molecule has 0 aromatic heterocycles. The van der Waals surface area contributed by atoms with Crippen molar-refractivity contribution in [3.05, 3.63) is 29.8 Å². The number of rotatable bonds is 4. The van der Waals surface area contributed by atoms with Gasteiger partial charge >= 0.3 is 0 Å². The summed E-state index contributed by atoms with van der Waals surface area (Å²) in [7, 11) is -1.85. The van der Waals surface area contributed by atoms with Gasteiger partial charge in [-0.25, -0.2) is 8.42 Å². The molecule has 0 saturated heterocycles. The van der Waals surface area contributed by atoms with E-state index in [1.54, 1.807) is 18.2 Å². The number of benzene rings is 1. The molecule has 1 aromatic rings. The molecule has 0 bridgehead atoms. The number of nitrogens with zero attached hydrogens (tertiary/aromatic N) is 2.